The van der Waals surface area contributed by atoms with Crippen molar-refractivity contribution >= 4 is 5.91 Å². The molecule has 0 bridgehead atoms. The van der Waals surface area contributed by atoms with E-state index in [9.17, 15) is 9.18 Å². The van der Waals surface area contributed by atoms with E-state index in [2.05, 4.69) is 16.9 Å². The Bertz CT molecular complexity index is 538. The fraction of sp³-hybridized carbons (Fsp3) is 0.250. The van der Waals surface area contributed by atoms with Gasteiger partial charge in [0.2, 0.25) is 5.91 Å². The number of allylic oxidation sites excluding steroid dienone is 4. The third-order valence-corrected chi connectivity index (χ3v) is 2.90. The first-order valence-electron chi connectivity index (χ1n) is 6.64. The van der Waals surface area contributed by atoms with Crippen LogP contribution in [0, 0.1) is 5.92 Å². The molecule has 0 fully saturated rings. The Hall–Kier alpha value is -2.27. The summed E-state index contributed by atoms with van der Waals surface area (Å²) in [4.78, 5) is 16.0. The van der Waals surface area contributed by atoms with E-state index in [4.69, 9.17) is 5.73 Å². The minimum atomic E-state index is -0.789. The van der Waals surface area contributed by atoms with E-state index in [1.165, 1.54) is 6.08 Å². The molecule has 0 radical (unpaired) electrons. The second-order valence-corrected chi connectivity index (χ2v) is 4.43. The lowest BCUT2D eigenvalue weighted by atomic mass is 9.98. The van der Waals surface area contributed by atoms with E-state index in [0.717, 1.165) is 5.56 Å². The van der Waals surface area contributed by atoms with Gasteiger partial charge in [-0.05, 0) is 30.2 Å². The maximum Gasteiger partial charge on any atom is 0.229 e. The number of nitrogens with two attached hydrogens (primary N) is 1. The fourth-order valence-corrected chi connectivity index (χ4v) is 1.68. The van der Waals surface area contributed by atoms with Crippen LogP contribution in [-0.2, 0) is 11.3 Å². The van der Waals surface area contributed by atoms with Crippen LogP contribution in [0.4, 0.5) is 4.39 Å². The Labute approximate surface area is 124 Å². The lowest BCUT2D eigenvalue weighted by Crippen LogP contribution is -2.35. The maximum atomic E-state index is 13.8. The summed E-state index contributed by atoms with van der Waals surface area (Å²) < 4.78 is 13.8. The molecule has 0 aliphatic rings. The molecule has 5 heteroatoms. The van der Waals surface area contributed by atoms with Crippen LogP contribution in [0.5, 0.6) is 0 Å². The molecule has 3 N–H and O–H groups in total. The zero-order valence-corrected chi connectivity index (χ0v) is 12.1. The van der Waals surface area contributed by atoms with Crippen molar-refractivity contribution in [3.63, 3.8) is 0 Å². The van der Waals surface area contributed by atoms with Gasteiger partial charge in [0.15, 0.2) is 0 Å². The Balaban J connectivity index is 2.66. The van der Waals surface area contributed by atoms with Crippen molar-refractivity contribution < 1.29 is 9.18 Å². The maximum absolute atomic E-state index is 13.8. The van der Waals surface area contributed by atoms with Gasteiger partial charge in [-0.25, -0.2) is 4.39 Å². The third kappa shape index (κ3) is 5.31. The van der Waals surface area contributed by atoms with Crippen LogP contribution in [0.2, 0.25) is 0 Å². The average molecular weight is 289 g/mol. The molecule has 0 spiro atoms. The van der Waals surface area contributed by atoms with Crippen LogP contribution in [0.25, 0.3) is 0 Å². The molecule has 1 heterocycles. The number of halogens is 1. The van der Waals surface area contributed by atoms with E-state index in [1.54, 1.807) is 37.5 Å². The third-order valence-electron chi connectivity index (χ3n) is 2.90. The molecule has 0 saturated heterocycles. The molecule has 1 atom stereocenters. The van der Waals surface area contributed by atoms with Crippen molar-refractivity contribution in [1.29, 1.82) is 0 Å². The summed E-state index contributed by atoms with van der Waals surface area (Å²) in [5, 5.41) is 2.71. The van der Waals surface area contributed by atoms with Gasteiger partial charge in [-0.15, -0.1) is 0 Å². The Morgan fingerprint density at radius 3 is 2.95 bits per heavy atom. The summed E-state index contributed by atoms with van der Waals surface area (Å²) >= 11 is 0. The number of carbonyl (C=O) groups excluding carboxylic acids is 1. The summed E-state index contributed by atoms with van der Waals surface area (Å²) in [7, 11) is 0. The van der Waals surface area contributed by atoms with Crippen molar-refractivity contribution in [2.45, 2.75) is 13.5 Å². The molecular formula is C16H20FN3O. The van der Waals surface area contributed by atoms with E-state index in [0.29, 0.717) is 6.54 Å². The number of carbonyl (C=O) groups is 1. The normalized spacial score (nSPS) is 13.2. The molecule has 0 saturated carbocycles. The predicted octanol–water partition coefficient (Wildman–Crippen LogP) is 2.26. The van der Waals surface area contributed by atoms with Crippen molar-refractivity contribution in [1.82, 2.24) is 10.3 Å². The van der Waals surface area contributed by atoms with Gasteiger partial charge in [-0.1, -0.05) is 24.8 Å². The lowest BCUT2D eigenvalue weighted by molar-refractivity contribution is -0.123. The van der Waals surface area contributed by atoms with Gasteiger partial charge in [0.05, 0.1) is 5.92 Å². The smallest absolute Gasteiger partial charge is 0.229 e. The van der Waals surface area contributed by atoms with Crippen molar-refractivity contribution in [3.05, 3.63) is 66.3 Å². The van der Waals surface area contributed by atoms with Gasteiger partial charge in [-0.2, -0.15) is 0 Å². The van der Waals surface area contributed by atoms with E-state index in [-0.39, 0.29) is 18.0 Å². The number of nitrogens with one attached hydrogen (secondary N) is 1. The number of pyridine rings is 1. The molecule has 1 aromatic heterocycles. The second-order valence-electron chi connectivity index (χ2n) is 4.43. The SMILES string of the molecule is C=C(/C(F)=C\C=C/C)[C@H](CN)C(=O)NCc1cccnc1. The van der Waals surface area contributed by atoms with Gasteiger partial charge in [0, 0.05) is 25.5 Å². The van der Waals surface area contributed by atoms with Crippen LogP contribution < -0.4 is 11.1 Å². The summed E-state index contributed by atoms with van der Waals surface area (Å²) in [6, 6.07) is 3.62. The van der Waals surface area contributed by atoms with Crippen LogP contribution in [-0.4, -0.2) is 17.4 Å². The molecule has 1 aromatic rings. The highest BCUT2D eigenvalue weighted by Crippen LogP contribution is 2.19. The van der Waals surface area contributed by atoms with Gasteiger partial charge < -0.3 is 11.1 Å². The molecule has 4 nitrogen and oxygen atoms in total. The highest BCUT2D eigenvalue weighted by molar-refractivity contribution is 5.82. The van der Waals surface area contributed by atoms with Crippen LogP contribution in [0.15, 0.2) is 60.7 Å². The molecule has 0 unspecified atom stereocenters. The molecule has 0 aliphatic heterocycles. The molecule has 21 heavy (non-hydrogen) atoms. The van der Waals surface area contributed by atoms with Gasteiger partial charge >= 0.3 is 0 Å². The molecule has 1 rings (SSSR count). The number of nitrogens with zero attached hydrogens (tertiary/aromatic N) is 1. The number of aromatic nitrogens is 1. The standard InChI is InChI=1S/C16H20FN3O/c1-3-4-7-15(17)12(2)14(9-18)16(21)20-11-13-6-5-8-19-10-13/h3-8,10,14H,2,9,11,18H2,1H3,(H,20,21)/b4-3-,15-7+/t14-/m0/s1. The predicted molar refractivity (Wildman–Crippen MR) is 81.8 cm³/mol. The Kier molecular flexibility index (Phi) is 7.04. The molecule has 112 valence electrons. The van der Waals surface area contributed by atoms with Crippen LogP contribution in [0.1, 0.15) is 12.5 Å². The van der Waals surface area contributed by atoms with E-state index < -0.39 is 11.7 Å². The molecular weight excluding hydrogens is 269 g/mol. The Morgan fingerprint density at radius 2 is 2.38 bits per heavy atom. The van der Waals surface area contributed by atoms with Gasteiger partial charge in [0.25, 0.3) is 0 Å². The minimum Gasteiger partial charge on any atom is -0.351 e. The first-order chi connectivity index (χ1) is 10.1. The largest absolute Gasteiger partial charge is 0.351 e. The number of amides is 1. The topological polar surface area (TPSA) is 68.0 Å². The van der Waals surface area contributed by atoms with E-state index >= 15 is 0 Å². The number of rotatable bonds is 7. The first-order valence-corrected chi connectivity index (χ1v) is 6.64. The average Bonchev–Trinajstić information content (AvgIpc) is 2.52. The van der Waals surface area contributed by atoms with E-state index in [1.807, 2.05) is 6.07 Å². The zero-order valence-electron chi connectivity index (χ0n) is 12.1. The summed E-state index contributed by atoms with van der Waals surface area (Å²) in [5.41, 5.74) is 6.51. The fourth-order valence-electron chi connectivity index (χ4n) is 1.68. The molecule has 1 amide bonds. The van der Waals surface area contributed by atoms with Crippen molar-refractivity contribution in [2.75, 3.05) is 6.54 Å². The second kappa shape index (κ2) is 8.81. The Morgan fingerprint density at radius 1 is 1.62 bits per heavy atom. The van der Waals surface area contributed by atoms with Crippen molar-refractivity contribution in [3.8, 4) is 0 Å². The number of hydrogen-bond donors (Lipinski definition) is 2. The summed E-state index contributed by atoms with van der Waals surface area (Å²) in [6.07, 6.45) is 7.80. The monoisotopic (exact) mass is 289 g/mol. The quantitative estimate of drug-likeness (QED) is 0.757. The summed E-state index contributed by atoms with van der Waals surface area (Å²) in [5.74, 6) is -1.68. The molecule has 0 aliphatic carbocycles. The first kappa shape index (κ1) is 16.8. The van der Waals surface area contributed by atoms with Crippen LogP contribution in [0.3, 0.4) is 0 Å². The van der Waals surface area contributed by atoms with Crippen molar-refractivity contribution in [2.24, 2.45) is 11.7 Å². The lowest BCUT2D eigenvalue weighted by Gasteiger charge is -2.16. The summed E-state index contributed by atoms with van der Waals surface area (Å²) in [6.45, 7) is 5.71. The van der Waals surface area contributed by atoms with Crippen LogP contribution >= 0.6 is 0 Å². The van der Waals surface area contributed by atoms with Gasteiger partial charge in [0.1, 0.15) is 5.83 Å². The number of hydrogen-bond acceptors (Lipinski definition) is 3. The highest BCUT2D eigenvalue weighted by atomic mass is 19.1. The minimum absolute atomic E-state index is 0.00515. The zero-order chi connectivity index (χ0) is 15.7. The molecule has 0 aromatic carbocycles. The highest BCUT2D eigenvalue weighted by Gasteiger charge is 2.22. The van der Waals surface area contributed by atoms with Gasteiger partial charge in [-0.3, -0.25) is 9.78 Å².